The van der Waals surface area contributed by atoms with Gasteiger partial charge in [0.05, 0.1) is 19.4 Å². The molecular weight excluding hydrogens is 1100 g/mol. The lowest BCUT2D eigenvalue weighted by molar-refractivity contribution is -0.143. The molecule has 0 fully saturated rings. The van der Waals surface area contributed by atoms with Crippen LogP contribution in [0.4, 0.5) is 0 Å². The van der Waals surface area contributed by atoms with Gasteiger partial charge in [-0.25, -0.2) is 4.79 Å². The molecule has 462 valence electrons. The van der Waals surface area contributed by atoms with Gasteiger partial charge >= 0.3 is 23.9 Å². The minimum Gasteiger partial charge on any atom is -0.481 e. The van der Waals surface area contributed by atoms with Crippen LogP contribution in [0.5, 0.6) is 0 Å². The van der Waals surface area contributed by atoms with Gasteiger partial charge in [-0.05, 0) is 56.4 Å². The number of nitrogens with zero attached hydrogens (tertiary/aromatic N) is 1. The minimum absolute atomic E-state index is 0.0300. The highest BCUT2D eigenvalue weighted by Crippen LogP contribution is 2.12. The number of aliphatic imine (C=N–C) groups is 1. The lowest BCUT2D eigenvalue weighted by atomic mass is 10.00. The summed E-state index contributed by atoms with van der Waals surface area (Å²) >= 11 is 0. The molecule has 0 saturated heterocycles. The van der Waals surface area contributed by atoms with Crippen molar-refractivity contribution in [3.63, 3.8) is 0 Å². The fourth-order valence-electron chi connectivity index (χ4n) is 7.57. The lowest BCUT2D eigenvalue weighted by Gasteiger charge is -2.28. The first-order chi connectivity index (χ1) is 38.8. The topological polar surface area (TPSA) is 565 Å². The van der Waals surface area contributed by atoms with Crippen LogP contribution in [0.15, 0.2) is 35.3 Å². The third-order valence-corrected chi connectivity index (χ3v) is 12.0. The van der Waals surface area contributed by atoms with E-state index in [1.54, 1.807) is 44.2 Å². The van der Waals surface area contributed by atoms with Crippen molar-refractivity contribution in [2.75, 3.05) is 13.2 Å². The average molecular weight is 1180 g/mol. The molecule has 10 amide bonds. The molecule has 1 aromatic rings. The van der Waals surface area contributed by atoms with Gasteiger partial charge in [-0.1, -0.05) is 58.0 Å². The van der Waals surface area contributed by atoms with E-state index in [1.807, 2.05) is 0 Å². The highest BCUT2D eigenvalue weighted by Gasteiger charge is 2.37. The average Bonchev–Trinajstić information content (AvgIpc) is 3.56. The van der Waals surface area contributed by atoms with Crippen LogP contribution in [0.25, 0.3) is 0 Å². The van der Waals surface area contributed by atoms with Gasteiger partial charge in [0.1, 0.15) is 60.4 Å². The number of carboxylic acid groups (broad SMARTS) is 4. The predicted molar refractivity (Wildman–Crippen MR) is 290 cm³/mol. The van der Waals surface area contributed by atoms with Crippen molar-refractivity contribution in [2.24, 2.45) is 39.8 Å². The Morgan fingerprint density at radius 3 is 1.43 bits per heavy atom. The standard InChI is InChI=1S/C50H78N14O19/c1-23(2)18-31(60-47(80)33(20-35(52)66)63-48(81)39(24(3)4)64-43(76)29(14-16-37(69)70)58-41(74)27(51)22-65)45(78)62-34(21-38(71)72)44(77)56-25(5)40(73)57-28(13-15-36(67)68)42(75)61-32(19-26-10-7-6-8-11-26)46(79)59-30(49(82)83)12-9-17-55-50(53)54/h6-8,10-11,23-25,27-34,39,65H,9,12-22,51H2,1-5H3,(H2,52,66)(H,56,77)(H,57,73)(H,58,74)(H,59,79)(H,60,80)(H,61,75)(H,62,78)(H,63,81)(H,64,76)(H,67,68)(H,69,70)(H,71,72)(H,82,83)(H4,53,54,55)/t25-,27-,28-,29-,30-,31-,32-,33-,34-,39-/m0/s1. The number of aliphatic hydroxyl groups excluding tert-OH is 1. The van der Waals surface area contributed by atoms with Crippen LogP contribution in [-0.2, 0) is 73.5 Å². The number of nitrogens with two attached hydrogens (primary N) is 4. The monoisotopic (exact) mass is 1180 g/mol. The summed E-state index contributed by atoms with van der Waals surface area (Å²) in [5, 5.41) is 68.2. The predicted octanol–water partition coefficient (Wildman–Crippen LogP) is -6.15. The highest BCUT2D eigenvalue weighted by molar-refractivity contribution is 6.00. The van der Waals surface area contributed by atoms with Gasteiger partial charge in [0.15, 0.2) is 5.96 Å². The Morgan fingerprint density at radius 1 is 0.494 bits per heavy atom. The summed E-state index contributed by atoms with van der Waals surface area (Å²) in [6.07, 6.45) is -4.91. The van der Waals surface area contributed by atoms with Crippen molar-refractivity contribution in [1.29, 1.82) is 0 Å². The maximum Gasteiger partial charge on any atom is 0.326 e. The summed E-state index contributed by atoms with van der Waals surface area (Å²) in [5.41, 5.74) is 22.1. The fraction of sp³-hybridized carbons (Fsp3) is 0.580. The number of aliphatic carboxylic acids is 4. The van der Waals surface area contributed by atoms with Crippen molar-refractivity contribution in [1.82, 2.24) is 47.9 Å². The number of rotatable bonds is 39. The molecule has 0 saturated carbocycles. The maximum absolute atomic E-state index is 13.9. The summed E-state index contributed by atoms with van der Waals surface area (Å²) in [7, 11) is 0. The Hall–Kier alpha value is -9.01. The van der Waals surface area contributed by atoms with Crippen LogP contribution in [0.3, 0.4) is 0 Å². The molecule has 1 rings (SSSR count). The number of aliphatic hydroxyl groups is 1. The second-order valence-corrected chi connectivity index (χ2v) is 19.9. The molecule has 0 aromatic heterocycles. The molecule has 0 spiro atoms. The Morgan fingerprint density at radius 2 is 0.940 bits per heavy atom. The molecule has 10 atom stereocenters. The summed E-state index contributed by atoms with van der Waals surface area (Å²) in [5.74, 6) is -18.6. The van der Waals surface area contributed by atoms with Crippen molar-refractivity contribution in [3.8, 4) is 0 Å². The number of hydrogen-bond acceptors (Lipinski definition) is 17. The molecule has 0 heterocycles. The van der Waals surface area contributed by atoms with E-state index in [2.05, 4.69) is 52.8 Å². The van der Waals surface area contributed by atoms with Gasteiger partial charge < -0.3 is 96.3 Å². The summed E-state index contributed by atoms with van der Waals surface area (Å²) in [6, 6.07) is -8.40. The number of carbonyl (C=O) groups is 14. The summed E-state index contributed by atoms with van der Waals surface area (Å²) in [4.78, 5) is 185. The second kappa shape index (κ2) is 36.4. The fourth-order valence-corrected chi connectivity index (χ4v) is 7.57. The minimum atomic E-state index is -1.99. The number of amides is 10. The Balaban J connectivity index is 3.43. The van der Waals surface area contributed by atoms with Crippen molar-refractivity contribution >= 4 is 88.9 Å². The molecule has 0 aliphatic carbocycles. The first-order valence-corrected chi connectivity index (χ1v) is 26.1. The Kier molecular flexibility index (Phi) is 31.5. The lowest BCUT2D eigenvalue weighted by Crippen LogP contribution is -2.61. The van der Waals surface area contributed by atoms with Crippen LogP contribution in [0, 0.1) is 11.8 Å². The Bertz CT molecular complexity index is 2490. The van der Waals surface area contributed by atoms with Gasteiger partial charge in [0.25, 0.3) is 0 Å². The molecule has 33 heteroatoms. The van der Waals surface area contributed by atoms with Gasteiger partial charge in [0.2, 0.25) is 59.1 Å². The first kappa shape index (κ1) is 72.0. The molecule has 0 unspecified atom stereocenters. The number of benzene rings is 1. The number of guanidine groups is 1. The maximum atomic E-state index is 13.9. The van der Waals surface area contributed by atoms with E-state index in [-0.39, 0.29) is 38.2 Å². The molecular formula is C50H78N14O19. The van der Waals surface area contributed by atoms with Crippen LogP contribution < -0.4 is 70.8 Å². The molecule has 0 bridgehead atoms. The molecule has 0 aliphatic heterocycles. The molecule has 0 aliphatic rings. The molecule has 33 nitrogen and oxygen atoms in total. The zero-order valence-corrected chi connectivity index (χ0v) is 46.5. The first-order valence-electron chi connectivity index (χ1n) is 26.1. The van der Waals surface area contributed by atoms with Crippen LogP contribution in [0.2, 0.25) is 0 Å². The zero-order chi connectivity index (χ0) is 63.3. The van der Waals surface area contributed by atoms with E-state index in [0.717, 1.165) is 6.92 Å². The molecule has 1 aromatic carbocycles. The van der Waals surface area contributed by atoms with Gasteiger partial charge in [-0.2, -0.15) is 0 Å². The highest BCUT2D eigenvalue weighted by atomic mass is 16.4. The summed E-state index contributed by atoms with van der Waals surface area (Å²) < 4.78 is 0. The number of carboxylic acids is 4. The van der Waals surface area contributed by atoms with Gasteiger partial charge in [-0.15, -0.1) is 0 Å². The largest absolute Gasteiger partial charge is 0.481 e. The number of hydrogen-bond donors (Lipinski definition) is 18. The zero-order valence-electron chi connectivity index (χ0n) is 46.5. The second-order valence-electron chi connectivity index (χ2n) is 19.9. The molecule has 83 heavy (non-hydrogen) atoms. The number of nitrogens with one attached hydrogen (secondary N) is 9. The van der Waals surface area contributed by atoms with Crippen LogP contribution in [-0.4, -0.2) is 188 Å². The smallest absolute Gasteiger partial charge is 0.326 e. The number of primary amides is 1. The van der Waals surface area contributed by atoms with E-state index in [1.165, 1.54) is 13.8 Å². The van der Waals surface area contributed by atoms with E-state index < -0.39 is 200 Å². The van der Waals surface area contributed by atoms with E-state index in [9.17, 15) is 92.7 Å². The number of carbonyl (C=O) groups excluding carboxylic acids is 10. The van der Waals surface area contributed by atoms with Crippen LogP contribution in [0.1, 0.15) is 98.0 Å². The molecule has 0 radical (unpaired) electrons. The Labute approximate surface area is 476 Å². The summed E-state index contributed by atoms with van der Waals surface area (Å²) in [6.45, 7) is 6.40. The van der Waals surface area contributed by atoms with Crippen molar-refractivity contribution in [2.45, 2.75) is 159 Å². The quantitative estimate of drug-likeness (QED) is 0.0166. The van der Waals surface area contributed by atoms with Crippen LogP contribution >= 0.6 is 0 Å². The van der Waals surface area contributed by atoms with E-state index >= 15 is 0 Å². The van der Waals surface area contributed by atoms with Gasteiger partial charge in [-0.3, -0.25) is 67.3 Å². The molecule has 22 N–H and O–H groups in total. The van der Waals surface area contributed by atoms with Crippen molar-refractivity contribution in [3.05, 3.63) is 35.9 Å². The SMILES string of the molecule is CC(C)C[C@H](NC(=O)[C@H](CC(N)=O)NC(=O)[C@@H](NC(=O)[C@H](CCC(=O)O)NC(=O)[C@@H](N)CO)C(C)C)C(=O)N[C@@H](CC(=O)O)C(=O)N[C@@H](C)C(=O)N[C@@H](CCC(=O)O)C(=O)N[C@@H](Cc1ccccc1)C(=O)N[C@@H](CCCN=C(N)N)C(=O)O. The van der Waals surface area contributed by atoms with Crippen molar-refractivity contribution < 1.29 is 92.7 Å². The normalized spacial score (nSPS) is 14.6. The van der Waals surface area contributed by atoms with E-state index in [4.69, 9.17) is 22.9 Å². The van der Waals surface area contributed by atoms with Gasteiger partial charge in [0, 0.05) is 25.8 Å². The third kappa shape index (κ3) is 28.3. The van der Waals surface area contributed by atoms with E-state index in [0.29, 0.717) is 5.56 Å². The third-order valence-electron chi connectivity index (χ3n) is 12.0.